The highest BCUT2D eigenvalue weighted by atomic mass is 32.2. The van der Waals surface area contributed by atoms with E-state index in [0.717, 1.165) is 10.6 Å². The van der Waals surface area contributed by atoms with Gasteiger partial charge in [0.15, 0.2) is 0 Å². The van der Waals surface area contributed by atoms with Gasteiger partial charge in [0.2, 0.25) is 5.91 Å². The number of carboxylic acids is 1. The van der Waals surface area contributed by atoms with Crippen molar-refractivity contribution in [3.63, 3.8) is 0 Å². The highest BCUT2D eigenvalue weighted by Gasteiger charge is 2.18. The molecular weight excluding hydrogens is 286 g/mol. The zero-order valence-electron chi connectivity index (χ0n) is 12.0. The normalized spacial score (nSPS) is 15.0. The molecule has 0 atom stereocenters. The van der Waals surface area contributed by atoms with Crippen LogP contribution >= 0.6 is 11.8 Å². The first-order valence-corrected chi connectivity index (χ1v) is 8.30. The number of rotatable bonds is 7. The summed E-state index contributed by atoms with van der Waals surface area (Å²) in [5.74, 6) is -0.976. The van der Waals surface area contributed by atoms with Crippen molar-refractivity contribution in [2.24, 2.45) is 0 Å². The molecule has 0 saturated heterocycles. The molecule has 0 unspecified atom stereocenters. The molecule has 1 aromatic carbocycles. The van der Waals surface area contributed by atoms with Crippen molar-refractivity contribution in [2.45, 2.75) is 55.1 Å². The van der Waals surface area contributed by atoms with Gasteiger partial charge in [-0.2, -0.15) is 0 Å². The summed E-state index contributed by atoms with van der Waals surface area (Å²) < 4.78 is 0. The average Bonchev–Trinajstić information content (AvgIpc) is 2.93. The van der Waals surface area contributed by atoms with Crippen LogP contribution in [-0.2, 0) is 9.59 Å². The number of nitrogens with one attached hydrogen (secondary N) is 1. The van der Waals surface area contributed by atoms with Crippen LogP contribution in [0.1, 0.15) is 44.9 Å². The van der Waals surface area contributed by atoms with Gasteiger partial charge < -0.3 is 10.4 Å². The van der Waals surface area contributed by atoms with Crippen LogP contribution in [0.3, 0.4) is 0 Å². The first-order chi connectivity index (χ1) is 10.1. The van der Waals surface area contributed by atoms with Crippen LogP contribution in [0.4, 0.5) is 5.69 Å². The summed E-state index contributed by atoms with van der Waals surface area (Å²) in [6.45, 7) is 0. The summed E-state index contributed by atoms with van der Waals surface area (Å²) >= 11 is 1.84. The molecule has 0 bridgehead atoms. The average molecular weight is 307 g/mol. The third-order valence-electron chi connectivity index (χ3n) is 3.55. The molecule has 1 aromatic rings. The molecule has 21 heavy (non-hydrogen) atoms. The molecule has 5 heteroatoms. The second-order valence-electron chi connectivity index (χ2n) is 5.32. The number of carbonyl (C=O) groups is 2. The van der Waals surface area contributed by atoms with Crippen LogP contribution in [0.25, 0.3) is 0 Å². The van der Waals surface area contributed by atoms with Gasteiger partial charge in [-0.15, -0.1) is 11.8 Å². The molecule has 2 rings (SSSR count). The molecule has 1 aliphatic carbocycles. The van der Waals surface area contributed by atoms with Crippen LogP contribution in [-0.4, -0.2) is 22.2 Å². The fourth-order valence-electron chi connectivity index (χ4n) is 2.47. The Labute approximate surface area is 129 Å². The summed E-state index contributed by atoms with van der Waals surface area (Å²) in [6, 6.07) is 7.84. The van der Waals surface area contributed by atoms with E-state index >= 15 is 0 Å². The smallest absolute Gasteiger partial charge is 0.303 e. The summed E-state index contributed by atoms with van der Waals surface area (Å²) in [7, 11) is 0. The van der Waals surface area contributed by atoms with Crippen LogP contribution in [0.15, 0.2) is 29.2 Å². The standard InChI is InChI=1S/C16H21NO3S/c18-15(10-5-11-16(19)20)17-13-8-3-4-9-14(13)21-12-6-1-2-7-12/h3-4,8-9,12H,1-2,5-7,10-11H2,(H,17,18)(H,19,20). The number of carbonyl (C=O) groups excluding carboxylic acids is 1. The molecule has 1 amide bonds. The molecule has 0 aromatic heterocycles. The second-order valence-corrected chi connectivity index (χ2v) is 6.66. The lowest BCUT2D eigenvalue weighted by atomic mass is 10.2. The molecule has 2 N–H and O–H groups in total. The highest BCUT2D eigenvalue weighted by Crippen LogP contribution is 2.38. The molecule has 0 heterocycles. The lowest BCUT2D eigenvalue weighted by Gasteiger charge is -2.14. The van der Waals surface area contributed by atoms with E-state index in [0.29, 0.717) is 11.7 Å². The van der Waals surface area contributed by atoms with Crippen molar-refractivity contribution >= 4 is 29.3 Å². The molecule has 1 saturated carbocycles. The summed E-state index contributed by atoms with van der Waals surface area (Å²) in [4.78, 5) is 23.4. The minimum atomic E-state index is -0.861. The van der Waals surface area contributed by atoms with E-state index < -0.39 is 5.97 Å². The van der Waals surface area contributed by atoms with Crippen molar-refractivity contribution in [3.8, 4) is 0 Å². The SMILES string of the molecule is O=C(O)CCCC(=O)Nc1ccccc1SC1CCCC1. The highest BCUT2D eigenvalue weighted by molar-refractivity contribution is 8.00. The maximum absolute atomic E-state index is 11.9. The quantitative estimate of drug-likeness (QED) is 0.801. The fraction of sp³-hybridized carbons (Fsp3) is 0.500. The lowest BCUT2D eigenvalue weighted by Crippen LogP contribution is -2.12. The summed E-state index contributed by atoms with van der Waals surface area (Å²) in [6.07, 6.45) is 5.72. The summed E-state index contributed by atoms with van der Waals surface area (Å²) in [5, 5.41) is 12.1. The third kappa shape index (κ3) is 5.42. The van der Waals surface area contributed by atoms with Crippen LogP contribution in [0.2, 0.25) is 0 Å². The molecule has 0 spiro atoms. The Hall–Kier alpha value is -1.49. The molecule has 0 radical (unpaired) electrons. The van der Waals surface area contributed by atoms with Gasteiger partial charge >= 0.3 is 5.97 Å². The number of hydrogen-bond donors (Lipinski definition) is 2. The number of anilines is 1. The monoisotopic (exact) mass is 307 g/mol. The summed E-state index contributed by atoms with van der Waals surface area (Å²) in [5.41, 5.74) is 0.842. The Morgan fingerprint density at radius 2 is 1.90 bits per heavy atom. The predicted octanol–water partition coefficient (Wildman–Crippen LogP) is 3.91. The van der Waals surface area contributed by atoms with Crippen LogP contribution in [0.5, 0.6) is 0 Å². The molecule has 1 fully saturated rings. The van der Waals surface area contributed by atoms with Crippen molar-refractivity contribution in [1.29, 1.82) is 0 Å². The Bertz CT molecular complexity index is 498. The predicted molar refractivity (Wildman–Crippen MR) is 84.7 cm³/mol. The van der Waals surface area contributed by atoms with E-state index in [1.807, 2.05) is 36.0 Å². The van der Waals surface area contributed by atoms with E-state index in [1.54, 1.807) is 0 Å². The van der Waals surface area contributed by atoms with Crippen molar-refractivity contribution in [2.75, 3.05) is 5.32 Å². The number of thioether (sulfide) groups is 1. The van der Waals surface area contributed by atoms with Crippen LogP contribution < -0.4 is 5.32 Å². The topological polar surface area (TPSA) is 66.4 Å². The van der Waals surface area contributed by atoms with Gasteiger partial charge in [-0.1, -0.05) is 25.0 Å². The lowest BCUT2D eigenvalue weighted by molar-refractivity contribution is -0.137. The van der Waals surface area contributed by atoms with Crippen molar-refractivity contribution in [1.82, 2.24) is 0 Å². The fourth-order valence-corrected chi connectivity index (χ4v) is 3.80. The second kappa shape index (κ2) is 8.08. The van der Waals surface area contributed by atoms with Gasteiger partial charge in [0.1, 0.15) is 0 Å². The number of amides is 1. The number of para-hydroxylation sites is 1. The molecule has 0 aliphatic heterocycles. The van der Waals surface area contributed by atoms with Gasteiger partial charge in [0, 0.05) is 23.0 Å². The number of hydrogen-bond acceptors (Lipinski definition) is 3. The van der Waals surface area contributed by atoms with Crippen molar-refractivity contribution in [3.05, 3.63) is 24.3 Å². The number of aliphatic carboxylic acids is 1. The minimum absolute atomic E-state index is 0.0336. The van der Waals surface area contributed by atoms with Gasteiger partial charge in [-0.25, -0.2) is 0 Å². The van der Waals surface area contributed by atoms with E-state index in [9.17, 15) is 9.59 Å². The zero-order chi connectivity index (χ0) is 15.1. The van der Waals surface area contributed by atoms with E-state index in [4.69, 9.17) is 5.11 Å². The number of benzene rings is 1. The Morgan fingerprint density at radius 1 is 1.19 bits per heavy atom. The van der Waals surface area contributed by atoms with Gasteiger partial charge in [0.05, 0.1) is 5.69 Å². The molecule has 1 aliphatic rings. The van der Waals surface area contributed by atoms with E-state index in [1.165, 1.54) is 25.7 Å². The van der Waals surface area contributed by atoms with E-state index in [-0.39, 0.29) is 18.7 Å². The van der Waals surface area contributed by atoms with Crippen molar-refractivity contribution < 1.29 is 14.7 Å². The molecule has 114 valence electrons. The van der Waals surface area contributed by atoms with Gasteiger partial charge in [0.25, 0.3) is 0 Å². The third-order valence-corrected chi connectivity index (χ3v) is 4.97. The van der Waals surface area contributed by atoms with Gasteiger partial charge in [-0.3, -0.25) is 9.59 Å². The number of carboxylic acid groups (broad SMARTS) is 1. The van der Waals surface area contributed by atoms with E-state index in [2.05, 4.69) is 5.32 Å². The van der Waals surface area contributed by atoms with Gasteiger partial charge in [-0.05, 0) is 31.4 Å². The zero-order valence-corrected chi connectivity index (χ0v) is 12.8. The maximum atomic E-state index is 11.9. The Morgan fingerprint density at radius 3 is 2.62 bits per heavy atom. The minimum Gasteiger partial charge on any atom is -0.481 e. The first kappa shape index (κ1) is 15.9. The first-order valence-electron chi connectivity index (χ1n) is 7.42. The largest absolute Gasteiger partial charge is 0.481 e. The molecular formula is C16H21NO3S. The molecule has 4 nitrogen and oxygen atoms in total. The Kier molecular flexibility index (Phi) is 6.11. The Balaban J connectivity index is 1.89. The maximum Gasteiger partial charge on any atom is 0.303 e. The van der Waals surface area contributed by atoms with Crippen LogP contribution in [0, 0.1) is 0 Å².